The van der Waals surface area contributed by atoms with Crippen molar-refractivity contribution in [2.75, 3.05) is 5.32 Å². The molecule has 2 rings (SSSR count). The fraction of sp³-hybridized carbons (Fsp3) is 0.450. The monoisotopic (exact) mass is 400 g/mol. The number of anilines is 1. The van der Waals surface area contributed by atoms with Crippen LogP contribution in [0.1, 0.15) is 55.8 Å². The van der Waals surface area contributed by atoms with Crippen LogP contribution in [0.5, 0.6) is 0 Å². The van der Waals surface area contributed by atoms with Gasteiger partial charge in [0, 0.05) is 11.7 Å². The van der Waals surface area contributed by atoms with Crippen LogP contribution in [0, 0.1) is 11.3 Å². The van der Waals surface area contributed by atoms with Crippen LogP contribution in [0.15, 0.2) is 24.3 Å². The van der Waals surface area contributed by atoms with E-state index in [1.54, 1.807) is 6.07 Å². The molecule has 9 nitrogen and oxygen atoms in total. The number of nitriles is 1. The Morgan fingerprint density at radius 3 is 2.41 bits per heavy atom. The molecule has 1 atom stereocenters. The van der Waals surface area contributed by atoms with Gasteiger partial charge in [-0.1, -0.05) is 19.3 Å². The van der Waals surface area contributed by atoms with Gasteiger partial charge in [0.15, 0.2) is 6.10 Å². The first-order valence-electron chi connectivity index (χ1n) is 9.48. The van der Waals surface area contributed by atoms with Crippen LogP contribution in [0.4, 0.5) is 10.5 Å². The van der Waals surface area contributed by atoms with Crippen LogP contribution >= 0.6 is 0 Å². The second-order valence-electron chi connectivity index (χ2n) is 6.81. The number of carbonyl (C=O) groups is 4. The van der Waals surface area contributed by atoms with E-state index in [0.717, 1.165) is 32.1 Å². The molecule has 0 radical (unpaired) electrons. The number of hydrogen-bond acceptors (Lipinski definition) is 6. The van der Waals surface area contributed by atoms with Gasteiger partial charge in [0.05, 0.1) is 11.6 Å². The molecule has 1 aromatic rings. The fourth-order valence-corrected chi connectivity index (χ4v) is 2.93. The molecular weight excluding hydrogens is 376 g/mol. The Bertz CT molecular complexity index is 794. The zero-order valence-electron chi connectivity index (χ0n) is 16.2. The Hall–Kier alpha value is -3.41. The quantitative estimate of drug-likeness (QED) is 0.626. The third-order valence-corrected chi connectivity index (χ3v) is 4.47. The molecule has 3 N–H and O–H groups in total. The van der Waals surface area contributed by atoms with Crippen molar-refractivity contribution >= 4 is 29.5 Å². The lowest BCUT2D eigenvalue weighted by atomic mass is 9.96. The third kappa shape index (κ3) is 7.25. The summed E-state index contributed by atoms with van der Waals surface area (Å²) in [5.41, 5.74) is 0.599. The van der Waals surface area contributed by atoms with Crippen molar-refractivity contribution in [3.8, 4) is 6.07 Å². The SMILES string of the molecule is C[C@@H](OC(=O)c1ccc(NC(=O)CC#N)cc1)C(=O)NC(=O)NC1CCCCC1. The predicted octanol–water partition coefficient (Wildman–Crippen LogP) is 2.24. The van der Waals surface area contributed by atoms with Crippen LogP contribution in [-0.2, 0) is 14.3 Å². The van der Waals surface area contributed by atoms with Gasteiger partial charge in [0.25, 0.3) is 5.91 Å². The van der Waals surface area contributed by atoms with Gasteiger partial charge in [-0.2, -0.15) is 5.26 Å². The smallest absolute Gasteiger partial charge is 0.338 e. The minimum absolute atomic E-state index is 0.0570. The van der Waals surface area contributed by atoms with Gasteiger partial charge in [-0.05, 0) is 44.0 Å². The number of hydrogen-bond donors (Lipinski definition) is 3. The maximum atomic E-state index is 12.2. The van der Waals surface area contributed by atoms with Gasteiger partial charge in [0.1, 0.15) is 6.42 Å². The highest BCUT2D eigenvalue weighted by molar-refractivity contribution is 5.99. The fourth-order valence-electron chi connectivity index (χ4n) is 2.93. The van der Waals surface area contributed by atoms with E-state index in [-0.39, 0.29) is 18.0 Å². The van der Waals surface area contributed by atoms with E-state index in [2.05, 4.69) is 16.0 Å². The summed E-state index contributed by atoms with van der Waals surface area (Å²) in [6.45, 7) is 1.37. The summed E-state index contributed by atoms with van der Waals surface area (Å²) < 4.78 is 5.09. The Kier molecular flexibility index (Phi) is 8.15. The number of nitrogens with one attached hydrogen (secondary N) is 3. The topological polar surface area (TPSA) is 137 Å². The first kappa shape index (κ1) is 21.9. The van der Waals surface area contributed by atoms with E-state index < -0.39 is 29.9 Å². The Morgan fingerprint density at radius 1 is 1.14 bits per heavy atom. The average molecular weight is 400 g/mol. The van der Waals surface area contributed by atoms with E-state index in [4.69, 9.17) is 10.00 Å². The Morgan fingerprint density at radius 2 is 1.79 bits per heavy atom. The molecule has 0 bridgehead atoms. The highest BCUT2D eigenvalue weighted by Gasteiger charge is 2.22. The first-order valence-corrected chi connectivity index (χ1v) is 9.48. The molecule has 1 aromatic carbocycles. The minimum Gasteiger partial charge on any atom is -0.449 e. The molecule has 0 aliphatic heterocycles. The van der Waals surface area contributed by atoms with Crippen molar-refractivity contribution in [3.63, 3.8) is 0 Å². The summed E-state index contributed by atoms with van der Waals surface area (Å²) in [5, 5.41) is 15.9. The van der Waals surface area contributed by atoms with E-state index >= 15 is 0 Å². The molecule has 0 saturated heterocycles. The van der Waals surface area contributed by atoms with Crippen molar-refractivity contribution in [3.05, 3.63) is 29.8 Å². The lowest BCUT2D eigenvalue weighted by Gasteiger charge is -2.23. The normalized spacial score (nSPS) is 14.8. The molecule has 1 aliphatic carbocycles. The number of urea groups is 1. The van der Waals surface area contributed by atoms with Crippen molar-refractivity contribution in [1.29, 1.82) is 5.26 Å². The molecule has 0 spiro atoms. The van der Waals surface area contributed by atoms with Crippen LogP contribution in [0.2, 0.25) is 0 Å². The summed E-state index contributed by atoms with van der Waals surface area (Å²) >= 11 is 0. The lowest BCUT2D eigenvalue weighted by Crippen LogP contribution is -2.48. The van der Waals surface area contributed by atoms with Crippen LogP contribution in [0.25, 0.3) is 0 Å². The summed E-state index contributed by atoms with van der Waals surface area (Å²) in [5.74, 6) is -1.91. The Labute approximate surface area is 168 Å². The Balaban J connectivity index is 1.81. The van der Waals surface area contributed by atoms with E-state index in [1.165, 1.54) is 31.2 Å². The minimum atomic E-state index is -1.16. The summed E-state index contributed by atoms with van der Waals surface area (Å²) in [6.07, 6.45) is 3.60. The number of amides is 4. The molecule has 0 unspecified atom stereocenters. The first-order chi connectivity index (χ1) is 13.9. The zero-order chi connectivity index (χ0) is 21.2. The predicted molar refractivity (Wildman–Crippen MR) is 104 cm³/mol. The van der Waals surface area contributed by atoms with Gasteiger partial charge in [-0.25, -0.2) is 9.59 Å². The van der Waals surface area contributed by atoms with Crippen molar-refractivity contribution in [2.24, 2.45) is 0 Å². The highest BCUT2D eigenvalue weighted by Crippen LogP contribution is 2.17. The maximum absolute atomic E-state index is 12.2. The molecule has 4 amide bonds. The van der Waals surface area contributed by atoms with Crippen molar-refractivity contribution in [2.45, 2.75) is 57.6 Å². The summed E-state index contributed by atoms with van der Waals surface area (Å²) in [7, 11) is 0. The number of rotatable bonds is 6. The van der Waals surface area contributed by atoms with Gasteiger partial charge < -0.3 is 15.4 Å². The van der Waals surface area contributed by atoms with Crippen LogP contribution in [0.3, 0.4) is 0 Å². The third-order valence-electron chi connectivity index (χ3n) is 4.47. The average Bonchev–Trinajstić information content (AvgIpc) is 2.69. The van der Waals surface area contributed by atoms with Gasteiger partial charge in [0.2, 0.25) is 5.91 Å². The molecule has 154 valence electrons. The number of esters is 1. The van der Waals surface area contributed by atoms with Crippen LogP contribution in [-0.4, -0.2) is 36.0 Å². The summed E-state index contributed by atoms with van der Waals surface area (Å²) in [6, 6.07) is 7.00. The molecule has 29 heavy (non-hydrogen) atoms. The van der Waals surface area contributed by atoms with Gasteiger partial charge in [-0.15, -0.1) is 0 Å². The van der Waals surface area contributed by atoms with Gasteiger partial charge in [-0.3, -0.25) is 14.9 Å². The highest BCUT2D eigenvalue weighted by atomic mass is 16.5. The molecule has 9 heteroatoms. The van der Waals surface area contributed by atoms with Crippen molar-refractivity contribution < 1.29 is 23.9 Å². The largest absolute Gasteiger partial charge is 0.449 e. The summed E-state index contributed by atoms with van der Waals surface area (Å²) in [4.78, 5) is 47.5. The number of nitrogens with zero attached hydrogens (tertiary/aromatic N) is 1. The standard InChI is InChI=1S/C20H24N4O5/c1-13(18(26)24-20(28)23-15-5-3-2-4-6-15)29-19(27)14-7-9-16(10-8-14)22-17(25)11-12-21/h7-10,13,15H,2-6,11H2,1H3,(H,22,25)(H2,23,24,26,28)/t13-/m1/s1. The van der Waals surface area contributed by atoms with E-state index in [1.807, 2.05) is 0 Å². The number of benzene rings is 1. The number of imide groups is 1. The molecule has 0 aromatic heterocycles. The second-order valence-corrected chi connectivity index (χ2v) is 6.81. The molecule has 0 heterocycles. The second kappa shape index (κ2) is 10.8. The number of carbonyl (C=O) groups excluding carboxylic acids is 4. The number of ether oxygens (including phenoxy) is 1. The molecular formula is C20H24N4O5. The maximum Gasteiger partial charge on any atom is 0.338 e. The molecule has 1 saturated carbocycles. The zero-order valence-corrected chi connectivity index (χ0v) is 16.2. The van der Waals surface area contributed by atoms with E-state index in [9.17, 15) is 19.2 Å². The van der Waals surface area contributed by atoms with Gasteiger partial charge >= 0.3 is 12.0 Å². The molecule has 1 aliphatic rings. The van der Waals surface area contributed by atoms with E-state index in [0.29, 0.717) is 5.69 Å². The lowest BCUT2D eigenvalue weighted by molar-refractivity contribution is -0.128. The molecule has 1 fully saturated rings. The van der Waals surface area contributed by atoms with Crippen LogP contribution < -0.4 is 16.0 Å². The van der Waals surface area contributed by atoms with Crippen molar-refractivity contribution in [1.82, 2.24) is 10.6 Å².